The zero-order chi connectivity index (χ0) is 20.1. The second kappa shape index (κ2) is 9.57. The van der Waals surface area contributed by atoms with Crippen molar-refractivity contribution in [3.63, 3.8) is 0 Å². The van der Waals surface area contributed by atoms with E-state index in [-0.39, 0.29) is 17.9 Å². The van der Waals surface area contributed by atoms with Crippen LogP contribution in [0, 0.1) is 5.92 Å². The van der Waals surface area contributed by atoms with Crippen molar-refractivity contribution in [3.05, 3.63) is 40.9 Å². The van der Waals surface area contributed by atoms with Crippen molar-refractivity contribution >= 4 is 29.5 Å². The van der Waals surface area contributed by atoms with Crippen LogP contribution in [0.25, 0.3) is 6.08 Å². The Morgan fingerprint density at radius 3 is 2.82 bits per heavy atom. The van der Waals surface area contributed by atoms with Crippen LogP contribution in [0.3, 0.4) is 0 Å². The predicted octanol–water partition coefficient (Wildman–Crippen LogP) is 3.14. The van der Waals surface area contributed by atoms with Crippen molar-refractivity contribution in [2.75, 3.05) is 40.3 Å². The number of amides is 2. The maximum Gasteiger partial charge on any atom is 0.246 e. The molecule has 0 aromatic heterocycles. The fourth-order valence-corrected chi connectivity index (χ4v) is 4.47. The molecule has 0 aliphatic carbocycles. The first-order valence-corrected chi connectivity index (χ1v) is 10.5. The van der Waals surface area contributed by atoms with E-state index in [9.17, 15) is 9.59 Å². The van der Waals surface area contributed by atoms with Crippen LogP contribution in [-0.4, -0.2) is 72.8 Å². The van der Waals surface area contributed by atoms with Gasteiger partial charge >= 0.3 is 0 Å². The number of hydrogen-bond donors (Lipinski definition) is 0. The summed E-state index contributed by atoms with van der Waals surface area (Å²) in [6.45, 7) is 3.23. The van der Waals surface area contributed by atoms with Crippen molar-refractivity contribution in [1.82, 2.24) is 14.7 Å². The summed E-state index contributed by atoms with van der Waals surface area (Å²) in [6, 6.07) is 7.78. The van der Waals surface area contributed by atoms with Crippen molar-refractivity contribution in [1.29, 1.82) is 0 Å². The van der Waals surface area contributed by atoms with Crippen LogP contribution in [0.2, 0.25) is 5.02 Å². The number of likely N-dealkylation sites (tertiary alicyclic amines) is 2. The molecule has 5 nitrogen and oxygen atoms in total. The number of carbonyl (C=O) groups is 2. The molecule has 2 saturated heterocycles. The molecule has 0 N–H and O–H groups in total. The van der Waals surface area contributed by atoms with E-state index < -0.39 is 0 Å². The first-order chi connectivity index (χ1) is 13.5. The van der Waals surface area contributed by atoms with E-state index in [1.807, 2.05) is 29.2 Å². The third kappa shape index (κ3) is 5.15. The quantitative estimate of drug-likeness (QED) is 0.685. The molecule has 0 spiro atoms. The van der Waals surface area contributed by atoms with Crippen LogP contribution >= 0.6 is 11.6 Å². The molecule has 28 heavy (non-hydrogen) atoms. The smallest absolute Gasteiger partial charge is 0.246 e. The molecule has 2 aliphatic rings. The lowest BCUT2D eigenvalue weighted by Gasteiger charge is -2.47. The number of benzene rings is 1. The van der Waals surface area contributed by atoms with Crippen molar-refractivity contribution in [3.8, 4) is 0 Å². The van der Waals surface area contributed by atoms with Gasteiger partial charge in [-0.2, -0.15) is 0 Å². The van der Waals surface area contributed by atoms with Crippen molar-refractivity contribution in [2.45, 2.75) is 31.7 Å². The van der Waals surface area contributed by atoms with E-state index in [0.717, 1.165) is 44.5 Å². The van der Waals surface area contributed by atoms with Crippen LogP contribution in [0.1, 0.15) is 31.2 Å². The molecule has 2 aliphatic heterocycles. The Balaban J connectivity index is 1.58. The molecule has 2 amide bonds. The van der Waals surface area contributed by atoms with Gasteiger partial charge in [-0.25, -0.2) is 0 Å². The van der Waals surface area contributed by atoms with E-state index in [4.69, 9.17) is 11.6 Å². The molecule has 2 atom stereocenters. The molecule has 2 fully saturated rings. The highest BCUT2D eigenvalue weighted by atomic mass is 35.5. The van der Waals surface area contributed by atoms with Gasteiger partial charge in [0.05, 0.1) is 0 Å². The van der Waals surface area contributed by atoms with Gasteiger partial charge < -0.3 is 14.7 Å². The maximum atomic E-state index is 12.7. The highest BCUT2D eigenvalue weighted by Crippen LogP contribution is 2.31. The van der Waals surface area contributed by atoms with E-state index in [2.05, 4.69) is 23.9 Å². The van der Waals surface area contributed by atoms with Crippen LogP contribution in [-0.2, 0) is 9.59 Å². The Kier molecular flexibility index (Phi) is 7.13. The molecular formula is C22H30ClN3O2. The summed E-state index contributed by atoms with van der Waals surface area (Å²) in [5.74, 6) is 0.677. The molecule has 6 heteroatoms. The highest BCUT2D eigenvalue weighted by molar-refractivity contribution is 6.32. The van der Waals surface area contributed by atoms with Gasteiger partial charge in [0, 0.05) is 43.2 Å². The minimum Gasteiger partial charge on any atom is -0.339 e. The summed E-state index contributed by atoms with van der Waals surface area (Å²) in [6.07, 6.45) is 6.74. The van der Waals surface area contributed by atoms with Gasteiger partial charge in [0.2, 0.25) is 11.8 Å². The number of hydrogen-bond acceptors (Lipinski definition) is 3. The molecule has 3 rings (SSSR count). The Morgan fingerprint density at radius 2 is 2.07 bits per heavy atom. The third-order valence-electron chi connectivity index (χ3n) is 5.77. The normalized spacial score (nSPS) is 22.8. The lowest BCUT2D eigenvalue weighted by atomic mass is 9.83. The Hall–Kier alpha value is -1.85. The van der Waals surface area contributed by atoms with Crippen LogP contribution in [0.15, 0.2) is 30.3 Å². The van der Waals surface area contributed by atoms with Gasteiger partial charge in [-0.15, -0.1) is 0 Å². The molecule has 1 aromatic rings. The van der Waals surface area contributed by atoms with Crippen LogP contribution < -0.4 is 0 Å². The SMILES string of the molecule is CN(C)CCCN1C(=O)CC[C@@H]2CN(C(=O)C=Cc3ccccc3Cl)CC[C@@H]21. The van der Waals surface area contributed by atoms with E-state index in [1.165, 1.54) is 0 Å². The van der Waals surface area contributed by atoms with Gasteiger partial charge in [0.1, 0.15) is 0 Å². The maximum absolute atomic E-state index is 12.7. The minimum absolute atomic E-state index is 0.0226. The van der Waals surface area contributed by atoms with E-state index >= 15 is 0 Å². The minimum atomic E-state index is 0.0226. The molecule has 0 radical (unpaired) electrons. The van der Waals surface area contributed by atoms with E-state index in [1.54, 1.807) is 12.2 Å². The number of halogens is 1. The number of nitrogens with zero attached hydrogens (tertiary/aromatic N) is 3. The summed E-state index contributed by atoms with van der Waals surface area (Å²) in [7, 11) is 4.11. The van der Waals surface area contributed by atoms with Gasteiger partial charge in [0.25, 0.3) is 0 Å². The Bertz CT molecular complexity index is 734. The number of fused-ring (bicyclic) bond motifs is 1. The Labute approximate surface area is 172 Å². The summed E-state index contributed by atoms with van der Waals surface area (Å²) in [5, 5.41) is 0.643. The molecule has 0 saturated carbocycles. The lowest BCUT2D eigenvalue weighted by molar-refractivity contribution is -0.143. The lowest BCUT2D eigenvalue weighted by Crippen LogP contribution is -2.57. The van der Waals surface area contributed by atoms with Gasteiger partial charge in [0.15, 0.2) is 0 Å². The fourth-order valence-electron chi connectivity index (χ4n) is 4.28. The number of piperidine rings is 2. The van der Waals surface area contributed by atoms with Crippen LogP contribution in [0.4, 0.5) is 0 Å². The first kappa shape index (κ1) is 20.9. The summed E-state index contributed by atoms with van der Waals surface area (Å²) in [5.41, 5.74) is 0.850. The molecule has 0 unspecified atom stereocenters. The largest absolute Gasteiger partial charge is 0.339 e. The van der Waals surface area contributed by atoms with Crippen molar-refractivity contribution < 1.29 is 9.59 Å². The third-order valence-corrected chi connectivity index (χ3v) is 6.11. The zero-order valence-corrected chi connectivity index (χ0v) is 17.6. The summed E-state index contributed by atoms with van der Waals surface area (Å²) in [4.78, 5) is 31.3. The van der Waals surface area contributed by atoms with Gasteiger partial charge in [-0.1, -0.05) is 29.8 Å². The van der Waals surface area contributed by atoms with Crippen molar-refractivity contribution in [2.24, 2.45) is 5.92 Å². The molecule has 1 aromatic carbocycles. The number of rotatable bonds is 6. The number of carbonyl (C=O) groups excluding carboxylic acids is 2. The second-order valence-electron chi connectivity index (χ2n) is 8.04. The van der Waals surface area contributed by atoms with E-state index in [0.29, 0.717) is 23.9 Å². The van der Waals surface area contributed by atoms with Gasteiger partial charge in [-0.05, 0) is 63.5 Å². The Morgan fingerprint density at radius 1 is 1.29 bits per heavy atom. The summed E-state index contributed by atoms with van der Waals surface area (Å²) < 4.78 is 0. The average molecular weight is 404 g/mol. The molecule has 152 valence electrons. The summed E-state index contributed by atoms with van der Waals surface area (Å²) >= 11 is 6.16. The standard InChI is InChI=1S/C22H30ClN3O2/c1-24(2)13-5-14-26-20-12-15-25(16-18(20)9-11-22(26)28)21(27)10-8-17-6-3-4-7-19(17)23/h3-4,6-8,10,18,20H,5,9,11-16H2,1-2H3/t18-,20+/m1/s1. The van der Waals surface area contributed by atoms with Crippen LogP contribution in [0.5, 0.6) is 0 Å². The fraction of sp³-hybridized carbons (Fsp3) is 0.545. The highest BCUT2D eigenvalue weighted by Gasteiger charge is 2.39. The molecular weight excluding hydrogens is 374 g/mol. The monoisotopic (exact) mass is 403 g/mol. The molecule has 0 bridgehead atoms. The first-order valence-electron chi connectivity index (χ1n) is 10.1. The predicted molar refractivity (Wildman–Crippen MR) is 113 cm³/mol. The zero-order valence-electron chi connectivity index (χ0n) is 16.8. The topological polar surface area (TPSA) is 43.9 Å². The average Bonchev–Trinajstić information content (AvgIpc) is 2.68. The second-order valence-corrected chi connectivity index (χ2v) is 8.45. The van der Waals surface area contributed by atoms with Gasteiger partial charge in [-0.3, -0.25) is 9.59 Å². The molecule has 2 heterocycles.